The summed E-state index contributed by atoms with van der Waals surface area (Å²) in [5.41, 5.74) is 1.63. The summed E-state index contributed by atoms with van der Waals surface area (Å²) >= 11 is 1.62. The van der Waals surface area contributed by atoms with Crippen molar-refractivity contribution in [3.63, 3.8) is 0 Å². The van der Waals surface area contributed by atoms with E-state index in [1.54, 1.807) is 23.3 Å². The van der Waals surface area contributed by atoms with Gasteiger partial charge < -0.3 is 4.90 Å². The Morgan fingerprint density at radius 2 is 1.86 bits per heavy atom. The van der Waals surface area contributed by atoms with Gasteiger partial charge in [-0.3, -0.25) is 4.79 Å². The van der Waals surface area contributed by atoms with Crippen molar-refractivity contribution in [3.05, 3.63) is 51.7 Å². The summed E-state index contributed by atoms with van der Waals surface area (Å²) in [6.07, 6.45) is 0. The van der Waals surface area contributed by atoms with Gasteiger partial charge in [-0.1, -0.05) is 0 Å². The van der Waals surface area contributed by atoms with Crippen LogP contribution in [0.15, 0.2) is 40.6 Å². The third kappa shape index (κ3) is 3.55. The van der Waals surface area contributed by atoms with E-state index < -0.39 is 10.0 Å². The van der Waals surface area contributed by atoms with Gasteiger partial charge in [0, 0.05) is 17.5 Å². The number of nitrogens with zero attached hydrogens (tertiary/aromatic N) is 1. The molecule has 2 rings (SSSR count). The van der Waals surface area contributed by atoms with E-state index in [0.717, 1.165) is 4.88 Å². The molecule has 0 aliphatic rings. The minimum atomic E-state index is -3.48. The monoisotopic (exact) mass is 338 g/mol. The Morgan fingerprint density at radius 1 is 1.23 bits per heavy atom. The molecule has 0 spiro atoms. The Kier molecular flexibility index (Phi) is 5.00. The lowest BCUT2D eigenvalue weighted by Crippen LogP contribution is -2.26. The molecule has 0 saturated carbocycles. The molecule has 0 aliphatic carbocycles. The third-order valence-electron chi connectivity index (χ3n) is 3.38. The minimum Gasteiger partial charge on any atom is -0.337 e. The molecule has 7 heteroatoms. The van der Waals surface area contributed by atoms with Crippen LogP contribution in [-0.4, -0.2) is 33.3 Å². The average Bonchev–Trinajstić information content (AvgIpc) is 2.91. The summed E-state index contributed by atoms with van der Waals surface area (Å²) in [6.45, 7) is 2.56. The van der Waals surface area contributed by atoms with Gasteiger partial charge in [-0.15, -0.1) is 11.3 Å². The summed E-state index contributed by atoms with van der Waals surface area (Å²) in [7, 11) is -0.392. The van der Waals surface area contributed by atoms with Gasteiger partial charge in [0.15, 0.2) is 0 Å². The number of carbonyl (C=O) groups excluding carboxylic acids is 1. The highest BCUT2D eigenvalue weighted by atomic mass is 32.2. The Bertz CT molecular complexity index is 764. The first kappa shape index (κ1) is 16.7. The van der Waals surface area contributed by atoms with E-state index in [2.05, 4.69) is 4.72 Å². The molecule has 5 nitrogen and oxygen atoms in total. The number of carbonyl (C=O) groups is 1. The zero-order valence-electron chi connectivity index (χ0n) is 12.7. The van der Waals surface area contributed by atoms with Crippen LogP contribution in [-0.2, 0) is 16.6 Å². The largest absolute Gasteiger partial charge is 0.337 e. The van der Waals surface area contributed by atoms with Gasteiger partial charge in [-0.05, 0) is 55.2 Å². The molecule has 0 atom stereocenters. The minimum absolute atomic E-state index is 0.138. The molecule has 1 amide bonds. The third-order valence-corrected chi connectivity index (χ3v) is 5.81. The zero-order chi connectivity index (χ0) is 16.3. The van der Waals surface area contributed by atoms with Crippen molar-refractivity contribution < 1.29 is 13.2 Å². The van der Waals surface area contributed by atoms with Crippen molar-refractivity contribution in [2.45, 2.75) is 18.4 Å². The van der Waals surface area contributed by atoms with E-state index in [-0.39, 0.29) is 10.8 Å². The van der Waals surface area contributed by atoms with Crippen LogP contribution in [0, 0.1) is 6.92 Å². The van der Waals surface area contributed by atoms with Gasteiger partial charge in [0.05, 0.1) is 11.4 Å². The molecule has 22 heavy (non-hydrogen) atoms. The molecule has 0 saturated heterocycles. The van der Waals surface area contributed by atoms with Crippen LogP contribution in [0.1, 0.15) is 20.8 Å². The lowest BCUT2D eigenvalue weighted by atomic mass is 10.2. The number of sulfonamides is 1. The topological polar surface area (TPSA) is 66.5 Å². The van der Waals surface area contributed by atoms with E-state index >= 15 is 0 Å². The Labute approximate surface area is 134 Å². The SMILES string of the molecule is CNS(=O)(=O)c1ccc(C(=O)N(C)Cc2sccc2C)cc1. The molecular formula is C15H18N2O3S2. The highest BCUT2D eigenvalue weighted by molar-refractivity contribution is 7.89. The van der Waals surface area contributed by atoms with Crippen LogP contribution in [0.2, 0.25) is 0 Å². The van der Waals surface area contributed by atoms with Gasteiger partial charge in [-0.25, -0.2) is 13.1 Å². The number of rotatable bonds is 5. The number of thiophene rings is 1. The number of hydrogen-bond donors (Lipinski definition) is 1. The van der Waals surface area contributed by atoms with Gasteiger partial charge in [-0.2, -0.15) is 0 Å². The Hall–Kier alpha value is -1.70. The molecule has 1 heterocycles. The van der Waals surface area contributed by atoms with Crippen molar-refractivity contribution in [1.82, 2.24) is 9.62 Å². The number of amides is 1. The standard InChI is InChI=1S/C15H18N2O3S2/c1-11-8-9-21-14(11)10-17(3)15(18)12-4-6-13(7-5-12)22(19,20)16-2/h4-9,16H,10H2,1-3H3. The average molecular weight is 338 g/mol. The Balaban J connectivity index is 2.14. The lowest BCUT2D eigenvalue weighted by Gasteiger charge is -2.17. The van der Waals surface area contributed by atoms with Crippen molar-refractivity contribution in [3.8, 4) is 0 Å². The molecule has 0 unspecified atom stereocenters. The fourth-order valence-electron chi connectivity index (χ4n) is 1.97. The molecule has 0 radical (unpaired) electrons. The van der Waals surface area contributed by atoms with Crippen molar-refractivity contribution in [2.75, 3.05) is 14.1 Å². The number of benzene rings is 1. The smallest absolute Gasteiger partial charge is 0.253 e. The molecule has 1 aromatic carbocycles. The van der Waals surface area contributed by atoms with Crippen LogP contribution < -0.4 is 4.72 Å². The first-order valence-corrected chi connectivity index (χ1v) is 9.03. The first-order chi connectivity index (χ1) is 10.3. The van der Waals surface area contributed by atoms with Gasteiger partial charge in [0.1, 0.15) is 0 Å². The molecule has 1 N–H and O–H groups in total. The maximum atomic E-state index is 12.4. The molecule has 2 aromatic rings. The Morgan fingerprint density at radius 3 is 2.36 bits per heavy atom. The maximum Gasteiger partial charge on any atom is 0.253 e. The van der Waals surface area contributed by atoms with Crippen molar-refractivity contribution in [2.24, 2.45) is 0 Å². The maximum absolute atomic E-state index is 12.4. The predicted molar refractivity (Wildman–Crippen MR) is 87.5 cm³/mol. The number of hydrogen-bond acceptors (Lipinski definition) is 4. The van der Waals surface area contributed by atoms with Gasteiger partial charge in [0.25, 0.3) is 5.91 Å². The van der Waals surface area contributed by atoms with Gasteiger partial charge >= 0.3 is 0 Å². The molecule has 118 valence electrons. The van der Waals surface area contributed by atoms with Crippen LogP contribution >= 0.6 is 11.3 Å². The number of aryl methyl sites for hydroxylation is 1. The molecular weight excluding hydrogens is 320 g/mol. The highest BCUT2D eigenvalue weighted by Gasteiger charge is 2.16. The predicted octanol–water partition coefficient (Wildman–Crippen LogP) is 2.24. The first-order valence-electron chi connectivity index (χ1n) is 6.67. The van der Waals surface area contributed by atoms with Crippen LogP contribution in [0.4, 0.5) is 0 Å². The van der Waals surface area contributed by atoms with E-state index in [1.807, 2.05) is 18.4 Å². The van der Waals surface area contributed by atoms with Crippen LogP contribution in [0.5, 0.6) is 0 Å². The molecule has 0 fully saturated rings. The fraction of sp³-hybridized carbons (Fsp3) is 0.267. The van der Waals surface area contributed by atoms with Crippen LogP contribution in [0.3, 0.4) is 0 Å². The summed E-state index contributed by atoms with van der Waals surface area (Å²) < 4.78 is 25.6. The molecule has 0 bridgehead atoms. The fourth-order valence-corrected chi connectivity index (χ4v) is 3.66. The second-order valence-corrected chi connectivity index (χ2v) is 7.81. The summed E-state index contributed by atoms with van der Waals surface area (Å²) in [6, 6.07) is 7.96. The molecule has 0 aliphatic heterocycles. The number of nitrogens with one attached hydrogen (secondary N) is 1. The quantitative estimate of drug-likeness (QED) is 0.909. The van der Waals surface area contributed by atoms with Crippen LogP contribution in [0.25, 0.3) is 0 Å². The van der Waals surface area contributed by atoms with E-state index in [9.17, 15) is 13.2 Å². The van der Waals surface area contributed by atoms with E-state index in [0.29, 0.717) is 12.1 Å². The normalized spacial score (nSPS) is 11.4. The second kappa shape index (κ2) is 6.60. The molecule has 1 aromatic heterocycles. The van der Waals surface area contributed by atoms with Crippen molar-refractivity contribution >= 4 is 27.3 Å². The van der Waals surface area contributed by atoms with Crippen molar-refractivity contribution in [1.29, 1.82) is 0 Å². The zero-order valence-corrected chi connectivity index (χ0v) is 14.3. The highest BCUT2D eigenvalue weighted by Crippen LogP contribution is 2.19. The van der Waals surface area contributed by atoms with Gasteiger partial charge in [0.2, 0.25) is 10.0 Å². The van der Waals surface area contributed by atoms with E-state index in [1.165, 1.54) is 36.9 Å². The lowest BCUT2D eigenvalue weighted by molar-refractivity contribution is 0.0786. The van der Waals surface area contributed by atoms with E-state index in [4.69, 9.17) is 0 Å². The summed E-state index contributed by atoms with van der Waals surface area (Å²) in [5.74, 6) is -0.138. The second-order valence-electron chi connectivity index (χ2n) is 4.92. The summed E-state index contributed by atoms with van der Waals surface area (Å²) in [5, 5.41) is 2.00. The summed E-state index contributed by atoms with van der Waals surface area (Å²) in [4.78, 5) is 15.3.